The van der Waals surface area contributed by atoms with E-state index in [1.807, 2.05) is 0 Å². The van der Waals surface area contributed by atoms with Crippen LogP contribution in [0.15, 0.2) is 0 Å². The first-order valence-electron chi connectivity index (χ1n) is 7.17. The zero-order valence-corrected chi connectivity index (χ0v) is 12.4. The Bertz CT molecular complexity index is 232. The van der Waals surface area contributed by atoms with Gasteiger partial charge in [-0.15, -0.1) is 0 Å². The largest absolute Gasteiger partial charge is 0.329 e. The van der Waals surface area contributed by atoms with Gasteiger partial charge in [0.25, 0.3) is 0 Å². The lowest BCUT2D eigenvalue weighted by atomic mass is 9.81. The highest BCUT2D eigenvalue weighted by Crippen LogP contribution is 2.32. The van der Waals surface area contributed by atoms with Crippen LogP contribution < -0.4 is 5.73 Å². The Morgan fingerprint density at radius 3 is 2.53 bits per heavy atom. The van der Waals surface area contributed by atoms with Crippen molar-refractivity contribution in [2.24, 2.45) is 5.73 Å². The summed E-state index contributed by atoms with van der Waals surface area (Å²) in [6.07, 6.45) is 3.63. The topological polar surface area (TPSA) is 32.5 Å². The molecule has 17 heavy (non-hydrogen) atoms. The van der Waals surface area contributed by atoms with Crippen LogP contribution in [0, 0.1) is 0 Å². The summed E-state index contributed by atoms with van der Waals surface area (Å²) in [5.41, 5.74) is 6.39. The Morgan fingerprint density at radius 2 is 2.12 bits per heavy atom. The molecule has 0 aliphatic carbocycles. The van der Waals surface area contributed by atoms with E-state index in [9.17, 15) is 0 Å². The number of nitrogens with two attached hydrogens (primary N) is 1. The first-order chi connectivity index (χ1) is 8.00. The molecule has 1 aliphatic rings. The standard InChI is InChI=1S/C14H31N3/c1-6-12(3)17(7-2)14(11-15)8-9-16(5)13(4)10-14/h12-13H,6-11,15H2,1-5H3. The third-order valence-electron chi connectivity index (χ3n) is 4.81. The molecule has 0 aromatic heterocycles. The zero-order valence-electron chi connectivity index (χ0n) is 12.4. The van der Waals surface area contributed by atoms with E-state index in [1.165, 1.54) is 25.8 Å². The molecule has 1 heterocycles. The molecule has 102 valence electrons. The first kappa shape index (κ1) is 14.9. The van der Waals surface area contributed by atoms with Crippen LogP contribution >= 0.6 is 0 Å². The van der Waals surface area contributed by atoms with Gasteiger partial charge in [-0.25, -0.2) is 0 Å². The lowest BCUT2D eigenvalue weighted by Gasteiger charge is -2.52. The minimum absolute atomic E-state index is 0.232. The Labute approximate surface area is 107 Å². The van der Waals surface area contributed by atoms with Crippen LogP contribution in [-0.4, -0.2) is 54.1 Å². The molecule has 1 aliphatic heterocycles. The summed E-state index contributed by atoms with van der Waals surface area (Å²) in [5, 5.41) is 0. The number of hydrogen-bond acceptors (Lipinski definition) is 3. The molecule has 2 N–H and O–H groups in total. The monoisotopic (exact) mass is 241 g/mol. The van der Waals surface area contributed by atoms with Crippen LogP contribution in [0.5, 0.6) is 0 Å². The fraction of sp³-hybridized carbons (Fsp3) is 1.00. The van der Waals surface area contributed by atoms with Crippen molar-refractivity contribution in [2.45, 2.75) is 64.6 Å². The van der Waals surface area contributed by atoms with Gasteiger partial charge in [-0.2, -0.15) is 0 Å². The van der Waals surface area contributed by atoms with E-state index in [4.69, 9.17) is 5.73 Å². The number of rotatable bonds is 5. The number of hydrogen-bond donors (Lipinski definition) is 1. The van der Waals surface area contributed by atoms with Crippen molar-refractivity contribution >= 4 is 0 Å². The quantitative estimate of drug-likeness (QED) is 0.798. The molecule has 3 unspecified atom stereocenters. The number of likely N-dealkylation sites (N-methyl/N-ethyl adjacent to an activating group) is 1. The molecule has 0 aromatic rings. The molecule has 1 rings (SSSR count). The summed E-state index contributed by atoms with van der Waals surface area (Å²) >= 11 is 0. The Morgan fingerprint density at radius 1 is 1.47 bits per heavy atom. The summed E-state index contributed by atoms with van der Waals surface area (Å²) in [6.45, 7) is 12.3. The van der Waals surface area contributed by atoms with E-state index in [0.29, 0.717) is 12.1 Å². The van der Waals surface area contributed by atoms with Gasteiger partial charge in [-0.05, 0) is 53.2 Å². The molecular weight excluding hydrogens is 210 g/mol. The molecule has 3 heteroatoms. The predicted molar refractivity (Wildman–Crippen MR) is 75.2 cm³/mol. The zero-order chi connectivity index (χ0) is 13.1. The van der Waals surface area contributed by atoms with Crippen LogP contribution in [0.2, 0.25) is 0 Å². The molecule has 0 amide bonds. The summed E-state index contributed by atoms with van der Waals surface area (Å²) in [6, 6.07) is 1.28. The molecule has 0 saturated carbocycles. The average Bonchev–Trinajstić information content (AvgIpc) is 2.34. The maximum absolute atomic E-state index is 6.15. The highest BCUT2D eigenvalue weighted by atomic mass is 15.3. The maximum atomic E-state index is 6.15. The second kappa shape index (κ2) is 6.17. The lowest BCUT2D eigenvalue weighted by molar-refractivity contribution is -0.0101. The Balaban J connectivity index is 2.86. The predicted octanol–water partition coefficient (Wildman–Crippen LogP) is 1.92. The molecule has 0 bridgehead atoms. The van der Waals surface area contributed by atoms with Crippen LogP contribution in [0.4, 0.5) is 0 Å². The number of likely N-dealkylation sites (tertiary alicyclic amines) is 1. The van der Waals surface area contributed by atoms with E-state index in [-0.39, 0.29) is 5.54 Å². The van der Waals surface area contributed by atoms with Gasteiger partial charge in [0.2, 0.25) is 0 Å². The van der Waals surface area contributed by atoms with Crippen molar-refractivity contribution in [1.29, 1.82) is 0 Å². The van der Waals surface area contributed by atoms with Crippen molar-refractivity contribution in [3.8, 4) is 0 Å². The van der Waals surface area contributed by atoms with Gasteiger partial charge in [0, 0.05) is 24.2 Å². The molecular formula is C14H31N3. The highest BCUT2D eigenvalue weighted by molar-refractivity contribution is 4.99. The molecule has 0 radical (unpaired) electrons. The van der Waals surface area contributed by atoms with E-state index >= 15 is 0 Å². The summed E-state index contributed by atoms with van der Waals surface area (Å²) in [5.74, 6) is 0. The third-order valence-corrected chi connectivity index (χ3v) is 4.81. The molecule has 1 fully saturated rings. The first-order valence-corrected chi connectivity index (χ1v) is 7.17. The van der Waals surface area contributed by atoms with Crippen LogP contribution in [0.1, 0.15) is 47.0 Å². The van der Waals surface area contributed by atoms with E-state index < -0.39 is 0 Å². The third kappa shape index (κ3) is 3.01. The van der Waals surface area contributed by atoms with Gasteiger partial charge in [-0.3, -0.25) is 4.90 Å². The van der Waals surface area contributed by atoms with Crippen molar-refractivity contribution in [2.75, 3.05) is 26.7 Å². The molecule has 1 saturated heterocycles. The Hall–Kier alpha value is -0.120. The van der Waals surface area contributed by atoms with Crippen LogP contribution in [-0.2, 0) is 0 Å². The number of nitrogens with zero attached hydrogens (tertiary/aromatic N) is 2. The lowest BCUT2D eigenvalue weighted by Crippen LogP contribution is -2.63. The summed E-state index contributed by atoms with van der Waals surface area (Å²) < 4.78 is 0. The molecule has 0 aromatic carbocycles. The van der Waals surface area contributed by atoms with Gasteiger partial charge in [0.05, 0.1) is 0 Å². The van der Waals surface area contributed by atoms with Gasteiger partial charge < -0.3 is 10.6 Å². The van der Waals surface area contributed by atoms with Gasteiger partial charge in [-0.1, -0.05) is 13.8 Å². The normalized spacial score (nSPS) is 33.0. The van der Waals surface area contributed by atoms with Crippen molar-refractivity contribution in [3.05, 3.63) is 0 Å². The number of piperidine rings is 1. The average molecular weight is 241 g/mol. The molecule has 3 nitrogen and oxygen atoms in total. The minimum Gasteiger partial charge on any atom is -0.329 e. The van der Waals surface area contributed by atoms with Crippen molar-refractivity contribution in [1.82, 2.24) is 9.80 Å². The highest BCUT2D eigenvalue weighted by Gasteiger charge is 2.41. The smallest absolute Gasteiger partial charge is 0.0361 e. The fourth-order valence-corrected chi connectivity index (χ4v) is 3.31. The van der Waals surface area contributed by atoms with E-state index in [1.54, 1.807) is 0 Å². The fourth-order valence-electron chi connectivity index (χ4n) is 3.31. The maximum Gasteiger partial charge on any atom is 0.0361 e. The summed E-state index contributed by atoms with van der Waals surface area (Å²) in [7, 11) is 2.23. The summed E-state index contributed by atoms with van der Waals surface area (Å²) in [4.78, 5) is 5.11. The minimum atomic E-state index is 0.232. The van der Waals surface area contributed by atoms with Crippen molar-refractivity contribution < 1.29 is 0 Å². The molecule has 0 spiro atoms. The van der Waals surface area contributed by atoms with Crippen LogP contribution in [0.3, 0.4) is 0 Å². The van der Waals surface area contributed by atoms with Gasteiger partial charge >= 0.3 is 0 Å². The van der Waals surface area contributed by atoms with Gasteiger partial charge in [0.1, 0.15) is 0 Å². The van der Waals surface area contributed by atoms with E-state index in [0.717, 1.165) is 13.1 Å². The Kier molecular flexibility index (Phi) is 5.42. The van der Waals surface area contributed by atoms with Gasteiger partial charge in [0.15, 0.2) is 0 Å². The second-order valence-corrected chi connectivity index (χ2v) is 5.76. The van der Waals surface area contributed by atoms with E-state index in [2.05, 4.69) is 44.5 Å². The van der Waals surface area contributed by atoms with Crippen molar-refractivity contribution in [3.63, 3.8) is 0 Å². The second-order valence-electron chi connectivity index (χ2n) is 5.76. The SMILES string of the molecule is CCC(C)N(CC)C1(CN)CCN(C)C(C)C1. The molecule has 3 atom stereocenters. The van der Waals surface area contributed by atoms with Crippen LogP contribution in [0.25, 0.3) is 0 Å².